The number of aryl methyl sites for hydroxylation is 1. The molecule has 2 rings (SSSR count). The smallest absolute Gasteiger partial charge is 0.422 e. The fraction of sp³-hybridized carbons (Fsp3) is 0.368. The minimum atomic E-state index is -4.43. The summed E-state index contributed by atoms with van der Waals surface area (Å²) in [6.45, 7) is -1.25. The number of benzene rings is 1. The average Bonchev–Trinajstić information content (AvgIpc) is 2.68. The third kappa shape index (κ3) is 6.98. The molecule has 0 spiro atoms. The van der Waals surface area contributed by atoms with E-state index >= 15 is 0 Å². The van der Waals surface area contributed by atoms with Crippen molar-refractivity contribution in [2.24, 2.45) is 0 Å². The van der Waals surface area contributed by atoms with E-state index in [9.17, 15) is 18.0 Å². The van der Waals surface area contributed by atoms with Gasteiger partial charge in [-0.05, 0) is 35.7 Å². The fourth-order valence-corrected chi connectivity index (χ4v) is 2.38. The van der Waals surface area contributed by atoms with E-state index in [0.29, 0.717) is 23.5 Å². The summed E-state index contributed by atoms with van der Waals surface area (Å²) in [5.41, 5.74) is 1.51. The number of carbonyl (C=O) groups is 1. The Bertz CT molecular complexity index is 797. The minimum Gasteiger partial charge on any atom is -0.493 e. The van der Waals surface area contributed by atoms with Gasteiger partial charge in [-0.25, -0.2) is 4.98 Å². The second kappa shape index (κ2) is 9.82. The zero-order valence-electron chi connectivity index (χ0n) is 15.5. The predicted octanol–water partition coefficient (Wildman–Crippen LogP) is 3.29. The van der Waals surface area contributed by atoms with E-state index in [-0.39, 0.29) is 24.8 Å². The van der Waals surface area contributed by atoms with Crippen LogP contribution in [0.2, 0.25) is 0 Å². The zero-order valence-corrected chi connectivity index (χ0v) is 15.5. The largest absolute Gasteiger partial charge is 0.493 e. The lowest BCUT2D eigenvalue weighted by Crippen LogP contribution is -2.23. The van der Waals surface area contributed by atoms with E-state index in [1.54, 1.807) is 25.3 Å². The molecule has 1 aromatic carbocycles. The fourth-order valence-electron chi connectivity index (χ4n) is 2.38. The maximum absolute atomic E-state index is 12.2. The Kier molecular flexibility index (Phi) is 7.48. The minimum absolute atomic E-state index is 0.144. The summed E-state index contributed by atoms with van der Waals surface area (Å²) in [5.74, 6) is 0.860. The van der Waals surface area contributed by atoms with Gasteiger partial charge >= 0.3 is 6.18 Å². The van der Waals surface area contributed by atoms with Crippen LogP contribution in [0.1, 0.15) is 17.5 Å². The third-order valence-electron chi connectivity index (χ3n) is 3.76. The maximum atomic E-state index is 12.2. The van der Waals surface area contributed by atoms with Gasteiger partial charge in [0.15, 0.2) is 18.1 Å². The van der Waals surface area contributed by atoms with Crippen molar-refractivity contribution in [3.8, 4) is 17.4 Å². The van der Waals surface area contributed by atoms with E-state index in [1.165, 1.54) is 19.4 Å². The van der Waals surface area contributed by atoms with Crippen LogP contribution in [0, 0.1) is 0 Å². The molecule has 28 heavy (non-hydrogen) atoms. The number of methoxy groups -OCH3 is 2. The molecule has 2 aromatic rings. The molecule has 0 aliphatic rings. The summed E-state index contributed by atoms with van der Waals surface area (Å²) in [5, 5.41) is 2.72. The lowest BCUT2D eigenvalue weighted by Gasteiger charge is -2.11. The number of ether oxygens (including phenoxy) is 3. The normalized spacial score (nSPS) is 11.0. The maximum Gasteiger partial charge on any atom is 0.422 e. The predicted molar refractivity (Wildman–Crippen MR) is 95.5 cm³/mol. The van der Waals surface area contributed by atoms with E-state index in [1.807, 2.05) is 6.07 Å². The van der Waals surface area contributed by atoms with Gasteiger partial charge in [-0.1, -0.05) is 6.07 Å². The molecule has 0 saturated heterocycles. The van der Waals surface area contributed by atoms with E-state index in [4.69, 9.17) is 9.47 Å². The van der Waals surface area contributed by atoms with Crippen molar-refractivity contribution in [1.82, 2.24) is 10.3 Å². The van der Waals surface area contributed by atoms with Crippen LogP contribution < -0.4 is 19.5 Å². The highest BCUT2D eigenvalue weighted by Crippen LogP contribution is 2.28. The van der Waals surface area contributed by atoms with Crippen molar-refractivity contribution in [3.63, 3.8) is 0 Å². The highest BCUT2D eigenvalue weighted by molar-refractivity contribution is 5.76. The molecule has 9 heteroatoms. The first kappa shape index (κ1) is 21.3. The summed E-state index contributed by atoms with van der Waals surface area (Å²) in [6, 6.07) is 8.38. The first-order valence-corrected chi connectivity index (χ1v) is 8.43. The average molecular weight is 398 g/mol. The molecule has 1 heterocycles. The van der Waals surface area contributed by atoms with Gasteiger partial charge in [0.05, 0.1) is 14.2 Å². The number of rotatable bonds is 9. The molecule has 0 atom stereocenters. The molecular weight excluding hydrogens is 377 g/mol. The van der Waals surface area contributed by atoms with Gasteiger partial charge in [-0.2, -0.15) is 13.2 Å². The Balaban J connectivity index is 1.82. The molecule has 0 saturated carbocycles. The van der Waals surface area contributed by atoms with Gasteiger partial charge in [-0.15, -0.1) is 0 Å². The summed E-state index contributed by atoms with van der Waals surface area (Å²) < 4.78 is 51.5. The summed E-state index contributed by atoms with van der Waals surface area (Å²) in [7, 11) is 3.08. The highest BCUT2D eigenvalue weighted by atomic mass is 19.4. The SMILES string of the molecule is COc1ccc(CCC(=O)NCc2ccnc(OCC(F)(F)F)c2)cc1OC. The van der Waals surface area contributed by atoms with Crippen LogP contribution in [0.25, 0.3) is 0 Å². The van der Waals surface area contributed by atoms with Gasteiger partial charge in [0.2, 0.25) is 11.8 Å². The molecule has 152 valence electrons. The second-order valence-electron chi connectivity index (χ2n) is 5.87. The van der Waals surface area contributed by atoms with Crippen LogP contribution in [-0.2, 0) is 17.8 Å². The quantitative estimate of drug-likeness (QED) is 0.702. The molecule has 0 unspecified atom stereocenters. The number of hydrogen-bond donors (Lipinski definition) is 1. The number of carbonyl (C=O) groups excluding carboxylic acids is 1. The van der Waals surface area contributed by atoms with Crippen LogP contribution >= 0.6 is 0 Å². The molecule has 0 aliphatic carbocycles. The first-order chi connectivity index (χ1) is 13.3. The number of hydrogen-bond acceptors (Lipinski definition) is 5. The highest BCUT2D eigenvalue weighted by Gasteiger charge is 2.28. The van der Waals surface area contributed by atoms with E-state index < -0.39 is 12.8 Å². The van der Waals surface area contributed by atoms with Crippen molar-refractivity contribution < 1.29 is 32.2 Å². The Hall–Kier alpha value is -2.97. The molecule has 0 fully saturated rings. The summed E-state index contributed by atoms with van der Waals surface area (Å²) in [6.07, 6.45) is -2.35. The number of aromatic nitrogens is 1. The van der Waals surface area contributed by atoms with Crippen LogP contribution in [-0.4, -0.2) is 37.9 Å². The standard InChI is InChI=1S/C19H21F3N2O4/c1-26-15-5-3-13(9-16(15)27-2)4-6-17(25)24-11-14-7-8-23-18(10-14)28-12-19(20,21)22/h3,5,7-10H,4,6,11-12H2,1-2H3,(H,24,25). The van der Waals surface area contributed by atoms with Crippen molar-refractivity contribution in [2.45, 2.75) is 25.6 Å². The molecule has 0 aliphatic heterocycles. The Morgan fingerprint density at radius 3 is 2.50 bits per heavy atom. The molecular formula is C19H21F3N2O4. The number of alkyl halides is 3. The molecule has 1 N–H and O–H groups in total. The van der Waals surface area contributed by atoms with Gasteiger partial charge in [0.1, 0.15) is 0 Å². The number of amides is 1. The lowest BCUT2D eigenvalue weighted by atomic mass is 10.1. The zero-order chi connectivity index (χ0) is 20.6. The van der Waals surface area contributed by atoms with Crippen molar-refractivity contribution in [3.05, 3.63) is 47.7 Å². The monoisotopic (exact) mass is 398 g/mol. The Morgan fingerprint density at radius 2 is 1.82 bits per heavy atom. The van der Waals surface area contributed by atoms with Crippen molar-refractivity contribution in [2.75, 3.05) is 20.8 Å². The first-order valence-electron chi connectivity index (χ1n) is 8.43. The van der Waals surface area contributed by atoms with Crippen LogP contribution in [0.15, 0.2) is 36.5 Å². The summed E-state index contributed by atoms with van der Waals surface area (Å²) in [4.78, 5) is 15.8. The second-order valence-corrected chi connectivity index (χ2v) is 5.87. The third-order valence-corrected chi connectivity index (χ3v) is 3.76. The van der Waals surface area contributed by atoms with Gasteiger partial charge in [0.25, 0.3) is 0 Å². The molecule has 0 bridgehead atoms. The van der Waals surface area contributed by atoms with Crippen molar-refractivity contribution in [1.29, 1.82) is 0 Å². The molecule has 6 nitrogen and oxygen atoms in total. The molecule has 0 radical (unpaired) electrons. The number of nitrogens with zero attached hydrogens (tertiary/aromatic N) is 1. The van der Waals surface area contributed by atoms with Crippen LogP contribution in [0.4, 0.5) is 13.2 Å². The van der Waals surface area contributed by atoms with E-state index in [0.717, 1.165) is 5.56 Å². The Labute approximate surface area is 160 Å². The number of halogens is 3. The lowest BCUT2D eigenvalue weighted by molar-refractivity contribution is -0.154. The van der Waals surface area contributed by atoms with Gasteiger partial charge in [0, 0.05) is 25.2 Å². The number of pyridine rings is 1. The van der Waals surface area contributed by atoms with Crippen LogP contribution in [0.5, 0.6) is 17.4 Å². The topological polar surface area (TPSA) is 69.7 Å². The number of nitrogens with one attached hydrogen (secondary N) is 1. The van der Waals surface area contributed by atoms with Gasteiger partial charge < -0.3 is 19.5 Å². The Morgan fingerprint density at radius 1 is 1.07 bits per heavy atom. The summed E-state index contributed by atoms with van der Waals surface area (Å²) >= 11 is 0. The van der Waals surface area contributed by atoms with Crippen molar-refractivity contribution >= 4 is 5.91 Å². The van der Waals surface area contributed by atoms with Gasteiger partial charge in [-0.3, -0.25) is 4.79 Å². The van der Waals surface area contributed by atoms with E-state index in [2.05, 4.69) is 15.0 Å². The molecule has 1 aromatic heterocycles. The van der Waals surface area contributed by atoms with Crippen LogP contribution in [0.3, 0.4) is 0 Å². The molecule has 1 amide bonds.